The molecule has 37 heavy (non-hydrogen) atoms. The van der Waals surface area contributed by atoms with Crippen LogP contribution in [-0.2, 0) is 23.1 Å². The second kappa shape index (κ2) is 10.4. The Balaban J connectivity index is 1.61. The Hall–Kier alpha value is -4.28. The standard InChI is InChI=1S/C26H30FN7O3/c1-5-20(17-7-6-8-19(27)15(17)2)30-26(37)34-23(25(36)33(4)22-10-12-32(3)31-22)18(24(34)35)13-16-9-11-29-21(28)14-16/h6-12,14,18,20,23H,5,13H2,1-4H3,(H2,28,29)(H,30,37)/t18-,20?,23+/m1/s1. The summed E-state index contributed by atoms with van der Waals surface area (Å²) in [6, 6.07) is 7.38. The molecule has 4 rings (SSSR count). The van der Waals surface area contributed by atoms with Gasteiger partial charge in [0.15, 0.2) is 5.82 Å². The third-order valence-electron chi connectivity index (χ3n) is 6.75. The number of aromatic nitrogens is 3. The first-order valence-electron chi connectivity index (χ1n) is 12.0. The van der Waals surface area contributed by atoms with Gasteiger partial charge in [0.1, 0.15) is 17.7 Å². The predicted octanol–water partition coefficient (Wildman–Crippen LogP) is 2.74. The summed E-state index contributed by atoms with van der Waals surface area (Å²) in [5, 5.41) is 7.08. The molecule has 4 amide bonds. The number of nitrogen functional groups attached to an aromatic ring is 1. The van der Waals surface area contributed by atoms with E-state index < -0.39 is 35.8 Å². The van der Waals surface area contributed by atoms with E-state index in [1.54, 1.807) is 62.2 Å². The Kier molecular flexibility index (Phi) is 7.23. The first kappa shape index (κ1) is 25.8. The molecule has 0 saturated carbocycles. The van der Waals surface area contributed by atoms with E-state index in [1.165, 1.54) is 17.2 Å². The summed E-state index contributed by atoms with van der Waals surface area (Å²) in [6.45, 7) is 3.49. The van der Waals surface area contributed by atoms with Crippen LogP contribution in [0.25, 0.3) is 0 Å². The Bertz CT molecular complexity index is 1340. The number of hydrogen-bond acceptors (Lipinski definition) is 6. The van der Waals surface area contributed by atoms with Gasteiger partial charge >= 0.3 is 6.03 Å². The van der Waals surface area contributed by atoms with Crippen LogP contribution in [0.1, 0.15) is 36.1 Å². The summed E-state index contributed by atoms with van der Waals surface area (Å²) in [4.78, 5) is 46.5. The maximum atomic E-state index is 14.2. The van der Waals surface area contributed by atoms with Crippen LogP contribution in [0.4, 0.5) is 20.8 Å². The van der Waals surface area contributed by atoms with Crippen molar-refractivity contribution in [3.63, 3.8) is 0 Å². The SMILES string of the molecule is CCC(NC(=O)N1C(=O)[C@H](Cc2ccnc(N)c2)[C@H]1C(=O)N(C)c1ccn(C)n1)c1cccc(F)c1C. The number of urea groups is 1. The van der Waals surface area contributed by atoms with E-state index in [1.807, 2.05) is 6.92 Å². The highest BCUT2D eigenvalue weighted by molar-refractivity contribution is 6.12. The van der Waals surface area contributed by atoms with Gasteiger partial charge < -0.3 is 11.1 Å². The lowest BCUT2D eigenvalue weighted by Crippen LogP contribution is -2.70. The van der Waals surface area contributed by atoms with Gasteiger partial charge in [0, 0.05) is 32.6 Å². The number of β-lactam (4-membered cyclic amide) rings is 1. The van der Waals surface area contributed by atoms with Crippen LogP contribution in [-0.4, -0.2) is 50.6 Å². The number of carbonyl (C=O) groups is 3. The molecule has 3 atom stereocenters. The van der Waals surface area contributed by atoms with Crippen molar-refractivity contribution in [1.29, 1.82) is 0 Å². The van der Waals surface area contributed by atoms with Crippen molar-refractivity contribution in [2.24, 2.45) is 13.0 Å². The Morgan fingerprint density at radius 3 is 2.68 bits per heavy atom. The zero-order valence-electron chi connectivity index (χ0n) is 21.2. The number of nitrogens with zero attached hydrogens (tertiary/aromatic N) is 5. The largest absolute Gasteiger partial charge is 0.384 e. The van der Waals surface area contributed by atoms with E-state index in [-0.39, 0.29) is 12.2 Å². The molecule has 1 aliphatic rings. The van der Waals surface area contributed by atoms with Crippen LogP contribution in [0, 0.1) is 18.7 Å². The number of rotatable bonds is 7. The van der Waals surface area contributed by atoms with Crippen LogP contribution in [0.3, 0.4) is 0 Å². The molecule has 0 radical (unpaired) electrons. The van der Waals surface area contributed by atoms with Crippen LogP contribution >= 0.6 is 0 Å². The molecule has 0 bridgehead atoms. The number of aryl methyl sites for hydroxylation is 1. The Morgan fingerprint density at radius 2 is 2.03 bits per heavy atom. The second-order valence-electron chi connectivity index (χ2n) is 9.16. The molecule has 1 fully saturated rings. The molecule has 10 nitrogen and oxygen atoms in total. The number of halogens is 1. The highest BCUT2D eigenvalue weighted by Gasteiger charge is 2.55. The summed E-state index contributed by atoms with van der Waals surface area (Å²) in [7, 11) is 3.28. The van der Waals surface area contributed by atoms with Gasteiger partial charge in [0.05, 0.1) is 12.0 Å². The van der Waals surface area contributed by atoms with Crippen molar-refractivity contribution in [3.05, 3.63) is 71.3 Å². The third kappa shape index (κ3) is 5.02. The molecule has 0 aliphatic carbocycles. The Labute approximate surface area is 214 Å². The minimum atomic E-state index is -1.06. The van der Waals surface area contributed by atoms with E-state index in [9.17, 15) is 18.8 Å². The van der Waals surface area contributed by atoms with Gasteiger partial charge in [-0.05, 0) is 54.7 Å². The van der Waals surface area contributed by atoms with E-state index >= 15 is 0 Å². The number of carbonyl (C=O) groups excluding carboxylic acids is 3. The highest BCUT2D eigenvalue weighted by Crippen LogP contribution is 2.33. The maximum absolute atomic E-state index is 14.2. The zero-order chi connectivity index (χ0) is 26.9. The van der Waals surface area contributed by atoms with Gasteiger partial charge in [0.2, 0.25) is 5.91 Å². The van der Waals surface area contributed by atoms with Gasteiger partial charge in [-0.2, -0.15) is 5.10 Å². The Morgan fingerprint density at radius 1 is 1.27 bits per heavy atom. The molecule has 1 aromatic carbocycles. The molecule has 1 unspecified atom stereocenters. The molecule has 1 aliphatic heterocycles. The fourth-order valence-corrected chi connectivity index (χ4v) is 4.64. The van der Waals surface area contributed by atoms with E-state index in [4.69, 9.17) is 5.73 Å². The fraction of sp³-hybridized carbons (Fsp3) is 0.346. The van der Waals surface area contributed by atoms with Gasteiger partial charge in [-0.25, -0.2) is 14.2 Å². The van der Waals surface area contributed by atoms with Crippen molar-refractivity contribution in [2.75, 3.05) is 17.7 Å². The number of likely N-dealkylation sites (tertiary alicyclic amines) is 1. The molecule has 3 heterocycles. The van der Waals surface area contributed by atoms with Crippen LogP contribution in [0.5, 0.6) is 0 Å². The van der Waals surface area contributed by atoms with Crippen LogP contribution < -0.4 is 16.0 Å². The number of pyridine rings is 1. The third-order valence-corrected chi connectivity index (χ3v) is 6.75. The highest BCUT2D eigenvalue weighted by atomic mass is 19.1. The zero-order valence-corrected chi connectivity index (χ0v) is 21.2. The van der Waals surface area contributed by atoms with Crippen molar-refractivity contribution < 1.29 is 18.8 Å². The number of hydrogen-bond donors (Lipinski definition) is 2. The smallest absolute Gasteiger partial charge is 0.325 e. The number of nitrogens with two attached hydrogens (primary N) is 1. The minimum Gasteiger partial charge on any atom is -0.384 e. The molecule has 2 aromatic heterocycles. The van der Waals surface area contributed by atoms with E-state index in [0.717, 1.165) is 10.5 Å². The van der Waals surface area contributed by atoms with Gasteiger partial charge in [-0.1, -0.05) is 19.1 Å². The lowest BCUT2D eigenvalue weighted by Gasteiger charge is -2.45. The van der Waals surface area contributed by atoms with Crippen molar-refractivity contribution in [2.45, 2.75) is 38.8 Å². The summed E-state index contributed by atoms with van der Waals surface area (Å²) in [5.74, 6) is -1.40. The molecule has 3 N–H and O–H groups in total. The number of likely N-dealkylation sites (N-methyl/N-ethyl adjacent to an activating group) is 1. The quantitative estimate of drug-likeness (QED) is 0.474. The molecule has 3 aromatic rings. The van der Waals surface area contributed by atoms with Gasteiger partial charge in [-0.15, -0.1) is 0 Å². The fourth-order valence-electron chi connectivity index (χ4n) is 4.64. The van der Waals surface area contributed by atoms with Crippen LogP contribution in [0.15, 0.2) is 48.8 Å². The number of imide groups is 1. The maximum Gasteiger partial charge on any atom is 0.325 e. The van der Waals surface area contributed by atoms with Crippen LogP contribution in [0.2, 0.25) is 0 Å². The first-order chi connectivity index (χ1) is 17.6. The number of anilines is 2. The lowest BCUT2D eigenvalue weighted by atomic mass is 9.81. The molecule has 0 spiro atoms. The van der Waals surface area contributed by atoms with Crippen molar-refractivity contribution >= 4 is 29.5 Å². The number of amides is 4. The number of benzene rings is 1. The summed E-state index contributed by atoms with van der Waals surface area (Å²) in [6.07, 6.45) is 3.90. The van der Waals surface area contributed by atoms with Crippen molar-refractivity contribution in [3.8, 4) is 0 Å². The average Bonchev–Trinajstić information content (AvgIpc) is 3.31. The normalized spacial score (nSPS) is 17.8. The topological polar surface area (TPSA) is 126 Å². The minimum absolute atomic E-state index is 0.210. The molecule has 194 valence electrons. The van der Waals surface area contributed by atoms with E-state index in [2.05, 4.69) is 15.4 Å². The molecule has 11 heteroatoms. The van der Waals surface area contributed by atoms with Gasteiger partial charge in [0.25, 0.3) is 5.91 Å². The summed E-state index contributed by atoms with van der Waals surface area (Å²) < 4.78 is 15.7. The number of nitrogens with one attached hydrogen (secondary N) is 1. The molecule has 1 saturated heterocycles. The van der Waals surface area contributed by atoms with E-state index in [0.29, 0.717) is 29.2 Å². The average molecular weight is 508 g/mol. The molecular formula is C26H30FN7O3. The second-order valence-corrected chi connectivity index (χ2v) is 9.16. The monoisotopic (exact) mass is 507 g/mol. The van der Waals surface area contributed by atoms with Gasteiger partial charge in [-0.3, -0.25) is 24.1 Å². The summed E-state index contributed by atoms with van der Waals surface area (Å²) in [5.41, 5.74) is 7.55. The first-order valence-corrected chi connectivity index (χ1v) is 12.0. The lowest BCUT2D eigenvalue weighted by molar-refractivity contribution is -0.156. The summed E-state index contributed by atoms with van der Waals surface area (Å²) >= 11 is 0. The predicted molar refractivity (Wildman–Crippen MR) is 136 cm³/mol. The van der Waals surface area contributed by atoms with Crippen molar-refractivity contribution in [1.82, 2.24) is 25.0 Å². The molecular weight excluding hydrogens is 477 g/mol.